The summed E-state index contributed by atoms with van der Waals surface area (Å²) in [6.45, 7) is 0. The number of para-hydroxylation sites is 1. The van der Waals surface area contributed by atoms with Gasteiger partial charge in [-0.2, -0.15) is 0 Å². The van der Waals surface area contributed by atoms with Gasteiger partial charge in [-0.3, -0.25) is 4.98 Å². The lowest BCUT2D eigenvalue weighted by atomic mass is 9.99. The molecule has 19 heavy (non-hydrogen) atoms. The van der Waals surface area contributed by atoms with E-state index < -0.39 is 0 Å². The quantitative estimate of drug-likeness (QED) is 0.494. The number of pyridine rings is 1. The third-order valence-corrected chi connectivity index (χ3v) is 3.37. The highest BCUT2D eigenvalue weighted by atomic mass is 16.3. The third-order valence-electron chi connectivity index (χ3n) is 3.37. The zero-order chi connectivity index (χ0) is 12.7. The van der Waals surface area contributed by atoms with E-state index in [9.17, 15) is 0 Å². The monoisotopic (exact) mass is 244 g/mol. The van der Waals surface area contributed by atoms with Crippen molar-refractivity contribution in [2.45, 2.75) is 0 Å². The molecule has 0 unspecified atom stereocenters. The standard InChI is InChI=1S/C17H10NO/c1-2-7-17-15(5-1)16(11-19-17)14-6-3-4-12-10-18-9-8-13(12)14/h1-10H. The zero-order valence-electron chi connectivity index (χ0n) is 10.1. The van der Waals surface area contributed by atoms with E-state index >= 15 is 0 Å². The maximum Gasteiger partial charge on any atom is 0.179 e. The van der Waals surface area contributed by atoms with Crippen molar-refractivity contribution in [3.63, 3.8) is 0 Å². The molecule has 0 aliphatic rings. The summed E-state index contributed by atoms with van der Waals surface area (Å²) in [4.78, 5) is 4.16. The summed E-state index contributed by atoms with van der Waals surface area (Å²) in [5.41, 5.74) is 3.00. The summed E-state index contributed by atoms with van der Waals surface area (Å²) in [6.07, 6.45) is 6.72. The van der Waals surface area contributed by atoms with E-state index in [1.165, 1.54) is 5.39 Å². The predicted molar refractivity (Wildman–Crippen MR) is 75.8 cm³/mol. The molecule has 0 aliphatic heterocycles. The van der Waals surface area contributed by atoms with Crippen LogP contribution in [0.5, 0.6) is 0 Å². The minimum atomic E-state index is 0.864. The lowest BCUT2D eigenvalue weighted by molar-refractivity contribution is 0.607. The Labute approximate surface area is 110 Å². The van der Waals surface area contributed by atoms with Crippen molar-refractivity contribution in [3.05, 3.63) is 67.2 Å². The highest BCUT2D eigenvalue weighted by Crippen LogP contribution is 2.34. The zero-order valence-corrected chi connectivity index (χ0v) is 10.1. The summed E-state index contributed by atoms with van der Waals surface area (Å²) in [5.74, 6) is 0. The summed E-state index contributed by atoms with van der Waals surface area (Å²) in [5, 5.41) is 3.38. The molecule has 0 atom stereocenters. The van der Waals surface area contributed by atoms with Crippen molar-refractivity contribution in [2.24, 2.45) is 0 Å². The predicted octanol–water partition coefficient (Wildman–Crippen LogP) is 4.45. The normalized spacial score (nSPS) is 11.2. The summed E-state index contributed by atoms with van der Waals surface area (Å²) >= 11 is 0. The van der Waals surface area contributed by atoms with Crippen LogP contribution in [0.3, 0.4) is 0 Å². The molecule has 2 heteroatoms. The molecule has 0 N–H and O–H groups in total. The molecular formula is C17H10NO. The number of hydrogen-bond acceptors (Lipinski definition) is 2. The molecule has 2 heterocycles. The lowest BCUT2D eigenvalue weighted by Gasteiger charge is -2.04. The van der Waals surface area contributed by atoms with E-state index in [0.717, 1.165) is 27.5 Å². The molecule has 0 saturated carbocycles. The van der Waals surface area contributed by atoms with Gasteiger partial charge in [0.05, 0.1) is 0 Å². The van der Waals surface area contributed by atoms with Gasteiger partial charge in [-0.15, -0.1) is 0 Å². The number of benzene rings is 2. The average Bonchev–Trinajstić information content (AvgIpc) is 2.90. The summed E-state index contributed by atoms with van der Waals surface area (Å²) < 4.78 is 5.51. The molecule has 0 aliphatic carbocycles. The van der Waals surface area contributed by atoms with Crippen LogP contribution in [0.4, 0.5) is 0 Å². The fourth-order valence-corrected chi connectivity index (χ4v) is 2.46. The second-order valence-electron chi connectivity index (χ2n) is 4.48. The molecule has 0 spiro atoms. The van der Waals surface area contributed by atoms with Gasteiger partial charge in [-0.05, 0) is 23.1 Å². The van der Waals surface area contributed by atoms with Gasteiger partial charge in [0, 0.05) is 28.7 Å². The van der Waals surface area contributed by atoms with Gasteiger partial charge in [-0.1, -0.05) is 36.4 Å². The number of furan rings is 1. The Morgan fingerprint density at radius 2 is 1.84 bits per heavy atom. The second kappa shape index (κ2) is 3.95. The van der Waals surface area contributed by atoms with E-state index in [1.807, 2.05) is 42.7 Å². The Hall–Kier alpha value is -2.61. The Kier molecular flexibility index (Phi) is 2.15. The summed E-state index contributed by atoms with van der Waals surface area (Å²) in [6, 6.07) is 16.2. The molecular weight excluding hydrogens is 234 g/mol. The first kappa shape index (κ1) is 10.3. The van der Waals surface area contributed by atoms with Gasteiger partial charge in [0.2, 0.25) is 0 Å². The van der Waals surface area contributed by atoms with Gasteiger partial charge in [0.25, 0.3) is 0 Å². The van der Waals surface area contributed by atoms with Gasteiger partial charge in [0.1, 0.15) is 5.58 Å². The SMILES string of the molecule is [c]1oc2ccccc2c1-c1cccc2cnccc12. The van der Waals surface area contributed by atoms with Crippen LogP contribution in [0, 0.1) is 6.26 Å². The fraction of sp³-hybridized carbons (Fsp3) is 0. The Bertz CT molecular complexity index is 871. The minimum absolute atomic E-state index is 0.864. The van der Waals surface area contributed by atoms with Crippen molar-refractivity contribution in [2.75, 3.05) is 0 Å². The molecule has 0 saturated heterocycles. The van der Waals surface area contributed by atoms with Crippen LogP contribution in [0.15, 0.2) is 65.3 Å². The number of nitrogens with zero attached hydrogens (tertiary/aromatic N) is 1. The Balaban J connectivity index is 2.10. The summed E-state index contributed by atoms with van der Waals surface area (Å²) in [7, 11) is 0. The molecule has 2 aromatic heterocycles. The first-order valence-corrected chi connectivity index (χ1v) is 6.16. The largest absolute Gasteiger partial charge is 0.452 e. The highest BCUT2D eigenvalue weighted by Gasteiger charge is 2.10. The molecule has 89 valence electrons. The minimum Gasteiger partial charge on any atom is -0.452 e. The van der Waals surface area contributed by atoms with E-state index in [1.54, 1.807) is 0 Å². The van der Waals surface area contributed by atoms with Crippen LogP contribution in [0.1, 0.15) is 0 Å². The van der Waals surface area contributed by atoms with Crippen molar-refractivity contribution in [1.82, 2.24) is 4.98 Å². The van der Waals surface area contributed by atoms with Crippen LogP contribution >= 0.6 is 0 Å². The van der Waals surface area contributed by atoms with Crippen LogP contribution in [-0.4, -0.2) is 4.98 Å². The average molecular weight is 244 g/mol. The number of rotatable bonds is 1. The van der Waals surface area contributed by atoms with Gasteiger partial charge in [0.15, 0.2) is 6.26 Å². The number of aromatic nitrogens is 1. The third kappa shape index (κ3) is 1.54. The second-order valence-corrected chi connectivity index (χ2v) is 4.48. The number of fused-ring (bicyclic) bond motifs is 2. The van der Waals surface area contributed by atoms with E-state index in [4.69, 9.17) is 4.42 Å². The Morgan fingerprint density at radius 3 is 2.84 bits per heavy atom. The fourth-order valence-electron chi connectivity index (χ4n) is 2.46. The maximum atomic E-state index is 5.51. The molecule has 1 radical (unpaired) electrons. The lowest BCUT2D eigenvalue weighted by Crippen LogP contribution is -1.81. The van der Waals surface area contributed by atoms with Crippen LogP contribution < -0.4 is 0 Å². The molecule has 0 fully saturated rings. The molecule has 0 amide bonds. The van der Waals surface area contributed by atoms with Crippen molar-refractivity contribution in [1.29, 1.82) is 0 Å². The highest BCUT2D eigenvalue weighted by molar-refractivity contribution is 6.03. The Morgan fingerprint density at radius 1 is 0.895 bits per heavy atom. The van der Waals surface area contributed by atoms with E-state index in [-0.39, 0.29) is 0 Å². The molecule has 4 aromatic rings. The van der Waals surface area contributed by atoms with E-state index in [2.05, 4.69) is 29.4 Å². The first-order chi connectivity index (χ1) is 9.43. The molecule has 2 aromatic carbocycles. The van der Waals surface area contributed by atoms with Crippen molar-refractivity contribution >= 4 is 21.7 Å². The molecule has 4 rings (SSSR count). The van der Waals surface area contributed by atoms with Crippen LogP contribution in [-0.2, 0) is 0 Å². The topological polar surface area (TPSA) is 26.0 Å². The van der Waals surface area contributed by atoms with E-state index in [0.29, 0.717) is 0 Å². The van der Waals surface area contributed by atoms with Gasteiger partial charge < -0.3 is 4.42 Å². The van der Waals surface area contributed by atoms with Gasteiger partial charge >= 0.3 is 0 Å². The van der Waals surface area contributed by atoms with Crippen LogP contribution in [0.25, 0.3) is 32.9 Å². The first-order valence-electron chi connectivity index (χ1n) is 6.16. The number of hydrogen-bond donors (Lipinski definition) is 0. The molecule has 0 bridgehead atoms. The van der Waals surface area contributed by atoms with Crippen molar-refractivity contribution < 1.29 is 4.42 Å². The van der Waals surface area contributed by atoms with Gasteiger partial charge in [-0.25, -0.2) is 0 Å². The maximum absolute atomic E-state index is 5.51. The van der Waals surface area contributed by atoms with Crippen molar-refractivity contribution in [3.8, 4) is 11.1 Å². The van der Waals surface area contributed by atoms with Crippen LogP contribution in [0.2, 0.25) is 0 Å². The smallest absolute Gasteiger partial charge is 0.179 e. The molecule has 2 nitrogen and oxygen atoms in total.